The minimum Gasteiger partial charge on any atom is -0.449 e. The molecule has 1 aromatic rings. The molecule has 1 unspecified atom stereocenters. The summed E-state index contributed by atoms with van der Waals surface area (Å²) in [4.78, 5) is 14.8. The lowest BCUT2D eigenvalue weighted by Crippen LogP contribution is -2.47. The van der Waals surface area contributed by atoms with Crippen LogP contribution in [0.15, 0.2) is 47.6 Å². The van der Waals surface area contributed by atoms with Gasteiger partial charge in [0, 0.05) is 54.1 Å². The van der Waals surface area contributed by atoms with Crippen molar-refractivity contribution in [1.29, 1.82) is 0 Å². The van der Waals surface area contributed by atoms with Gasteiger partial charge < -0.3 is 15.2 Å². The quantitative estimate of drug-likeness (QED) is 0.488. The van der Waals surface area contributed by atoms with E-state index in [0.717, 1.165) is 41.7 Å². The molecule has 2 saturated heterocycles. The zero-order valence-corrected chi connectivity index (χ0v) is 16.1. The number of carbonyl (C=O) groups excluding carboxylic acids is 1. The van der Waals surface area contributed by atoms with Gasteiger partial charge in [0.1, 0.15) is 0 Å². The van der Waals surface area contributed by atoms with Gasteiger partial charge >= 0.3 is 5.97 Å². The standard InChI is InChI=1S/C23H24N2O3/c1-14(27-2)20-9-10-21-23-13-18(25(20)21)11-16(19(23)12-22(26)28-23)6-3-15-4-7-17(24)8-5-15/h4-5,7-8,11-12,14,18,20-21H,9-10,13,24H2,1-2H3/t14?,18-,20-,21-,23+/m1/s1. The van der Waals surface area contributed by atoms with Gasteiger partial charge in [-0.25, -0.2) is 4.79 Å². The lowest BCUT2D eigenvalue weighted by Gasteiger charge is -2.33. The van der Waals surface area contributed by atoms with Crippen molar-refractivity contribution in [2.75, 3.05) is 12.8 Å². The highest BCUT2D eigenvalue weighted by Crippen LogP contribution is 2.55. The fourth-order valence-electron chi connectivity index (χ4n) is 5.45. The predicted octanol–water partition coefficient (Wildman–Crippen LogP) is 2.42. The summed E-state index contributed by atoms with van der Waals surface area (Å²) in [5, 5.41) is 0. The second kappa shape index (κ2) is 6.23. The van der Waals surface area contributed by atoms with Crippen molar-refractivity contribution in [1.82, 2.24) is 4.90 Å². The number of fused-ring (bicyclic) bond motifs is 3. The first kappa shape index (κ1) is 17.5. The SMILES string of the molecule is COC(C)[C@H]1CC[C@H]2N1[C@@H]1C=C(C#Cc3ccc(N)cc3)C3=CC(=O)O[C@@]32C1. The van der Waals surface area contributed by atoms with Crippen LogP contribution in [0.1, 0.15) is 31.7 Å². The summed E-state index contributed by atoms with van der Waals surface area (Å²) in [6.45, 7) is 2.12. The van der Waals surface area contributed by atoms with Crippen LogP contribution in [0.25, 0.3) is 0 Å². The Morgan fingerprint density at radius 3 is 2.82 bits per heavy atom. The van der Waals surface area contributed by atoms with Crippen molar-refractivity contribution < 1.29 is 14.3 Å². The average molecular weight is 376 g/mol. The summed E-state index contributed by atoms with van der Waals surface area (Å²) >= 11 is 0. The molecule has 28 heavy (non-hydrogen) atoms. The number of nitrogens with zero attached hydrogens (tertiary/aromatic N) is 1. The smallest absolute Gasteiger partial charge is 0.332 e. The maximum atomic E-state index is 12.3. The van der Waals surface area contributed by atoms with Gasteiger partial charge in [0.25, 0.3) is 0 Å². The molecule has 5 nitrogen and oxygen atoms in total. The van der Waals surface area contributed by atoms with Gasteiger partial charge in [0.05, 0.1) is 12.1 Å². The van der Waals surface area contributed by atoms with Crippen LogP contribution in [0, 0.1) is 11.8 Å². The van der Waals surface area contributed by atoms with E-state index in [1.54, 1.807) is 13.2 Å². The molecule has 2 fully saturated rings. The highest BCUT2D eigenvalue weighted by atomic mass is 16.6. The zero-order chi connectivity index (χ0) is 19.5. The van der Waals surface area contributed by atoms with Crippen LogP contribution in [0.2, 0.25) is 0 Å². The van der Waals surface area contributed by atoms with Crippen LogP contribution in [-0.2, 0) is 14.3 Å². The molecule has 1 spiro atoms. The first-order valence-electron chi connectivity index (χ1n) is 9.87. The van der Waals surface area contributed by atoms with Crippen LogP contribution >= 0.6 is 0 Å². The lowest BCUT2D eigenvalue weighted by atomic mass is 9.77. The van der Waals surface area contributed by atoms with Gasteiger partial charge in [-0.2, -0.15) is 0 Å². The van der Waals surface area contributed by atoms with Crippen molar-refractivity contribution in [3.8, 4) is 11.8 Å². The molecule has 144 valence electrons. The Balaban J connectivity index is 1.54. The number of ether oxygens (including phenoxy) is 2. The Morgan fingerprint density at radius 2 is 2.07 bits per heavy atom. The number of esters is 1. The number of nitrogen functional groups attached to an aromatic ring is 1. The van der Waals surface area contributed by atoms with Gasteiger partial charge in [0.2, 0.25) is 0 Å². The molecule has 2 N–H and O–H groups in total. The molecule has 3 aliphatic heterocycles. The molecule has 5 heteroatoms. The maximum absolute atomic E-state index is 12.3. The minimum absolute atomic E-state index is 0.142. The van der Waals surface area contributed by atoms with Crippen LogP contribution in [0.3, 0.4) is 0 Å². The predicted molar refractivity (Wildman–Crippen MR) is 106 cm³/mol. The van der Waals surface area contributed by atoms with E-state index < -0.39 is 5.60 Å². The monoisotopic (exact) mass is 376 g/mol. The van der Waals surface area contributed by atoms with Gasteiger partial charge in [-0.05, 0) is 44.0 Å². The number of hydrogen-bond acceptors (Lipinski definition) is 5. The first-order valence-corrected chi connectivity index (χ1v) is 9.87. The number of methoxy groups -OCH3 is 1. The lowest BCUT2D eigenvalue weighted by molar-refractivity contribution is -0.147. The molecule has 5 rings (SSSR count). The van der Waals surface area contributed by atoms with Gasteiger partial charge in [-0.15, -0.1) is 0 Å². The number of carbonyl (C=O) groups is 1. The van der Waals surface area contributed by atoms with E-state index in [2.05, 4.69) is 29.7 Å². The first-order chi connectivity index (χ1) is 13.5. The molecular weight excluding hydrogens is 352 g/mol. The Hall–Kier alpha value is -2.55. The molecule has 4 aliphatic rings. The Morgan fingerprint density at radius 1 is 1.29 bits per heavy atom. The molecule has 0 aromatic heterocycles. The summed E-state index contributed by atoms with van der Waals surface area (Å²) in [6, 6.07) is 8.27. The topological polar surface area (TPSA) is 64.8 Å². The van der Waals surface area contributed by atoms with Gasteiger partial charge in [-0.3, -0.25) is 4.90 Å². The summed E-state index contributed by atoms with van der Waals surface area (Å²) in [5.74, 6) is 6.28. The molecule has 2 bridgehead atoms. The molecule has 1 aromatic carbocycles. The summed E-state index contributed by atoms with van der Waals surface area (Å²) < 4.78 is 11.6. The zero-order valence-electron chi connectivity index (χ0n) is 16.1. The maximum Gasteiger partial charge on any atom is 0.332 e. The van der Waals surface area contributed by atoms with Crippen molar-refractivity contribution >= 4 is 11.7 Å². The summed E-state index contributed by atoms with van der Waals surface area (Å²) in [7, 11) is 1.76. The third-order valence-corrected chi connectivity index (χ3v) is 6.73. The number of nitrogens with two attached hydrogens (primary N) is 1. The van der Waals surface area contributed by atoms with E-state index >= 15 is 0 Å². The molecule has 1 aliphatic carbocycles. The van der Waals surface area contributed by atoms with Crippen molar-refractivity contribution in [3.63, 3.8) is 0 Å². The third kappa shape index (κ3) is 2.45. The molecule has 5 atom stereocenters. The van der Waals surface area contributed by atoms with Crippen LogP contribution in [0.4, 0.5) is 5.69 Å². The van der Waals surface area contributed by atoms with E-state index in [9.17, 15) is 4.79 Å². The van der Waals surface area contributed by atoms with E-state index in [-0.39, 0.29) is 24.2 Å². The van der Waals surface area contributed by atoms with Crippen molar-refractivity contribution in [2.45, 2.75) is 56.0 Å². The molecule has 3 heterocycles. The highest BCUT2D eigenvalue weighted by molar-refractivity contribution is 5.90. The Kier molecular flexibility index (Phi) is 3.90. The fourth-order valence-corrected chi connectivity index (χ4v) is 5.45. The van der Waals surface area contributed by atoms with E-state index in [1.165, 1.54) is 0 Å². The largest absolute Gasteiger partial charge is 0.449 e. The van der Waals surface area contributed by atoms with Crippen LogP contribution < -0.4 is 5.73 Å². The Labute approximate surface area is 165 Å². The number of anilines is 1. The fraction of sp³-hybridized carbons (Fsp3) is 0.435. The summed E-state index contributed by atoms with van der Waals surface area (Å²) in [6.07, 6.45) is 6.89. The van der Waals surface area contributed by atoms with E-state index in [1.807, 2.05) is 24.3 Å². The minimum atomic E-state index is -0.552. The van der Waals surface area contributed by atoms with Gasteiger partial charge in [0.15, 0.2) is 5.60 Å². The van der Waals surface area contributed by atoms with E-state index in [4.69, 9.17) is 15.2 Å². The van der Waals surface area contributed by atoms with Crippen molar-refractivity contribution in [2.24, 2.45) is 0 Å². The number of rotatable bonds is 2. The molecule has 0 radical (unpaired) electrons. The summed E-state index contributed by atoms with van der Waals surface area (Å²) in [5.41, 5.74) is 8.69. The van der Waals surface area contributed by atoms with Crippen LogP contribution in [-0.4, -0.2) is 47.8 Å². The molecule has 0 saturated carbocycles. The second-order valence-electron chi connectivity index (χ2n) is 8.14. The van der Waals surface area contributed by atoms with Gasteiger partial charge in [-0.1, -0.05) is 17.9 Å². The third-order valence-electron chi connectivity index (χ3n) is 6.73. The Bertz CT molecular complexity index is 952. The molecule has 0 amide bonds. The highest BCUT2D eigenvalue weighted by Gasteiger charge is 2.64. The number of hydrogen-bond donors (Lipinski definition) is 1. The van der Waals surface area contributed by atoms with E-state index in [0.29, 0.717) is 6.04 Å². The number of benzene rings is 1. The molecular formula is C23H24N2O3. The normalized spacial score (nSPS) is 33.9. The second-order valence-corrected chi connectivity index (χ2v) is 8.14. The van der Waals surface area contributed by atoms with Crippen LogP contribution in [0.5, 0.6) is 0 Å². The van der Waals surface area contributed by atoms with Crippen molar-refractivity contribution in [3.05, 3.63) is 53.1 Å². The average Bonchev–Trinajstić information content (AvgIpc) is 3.34.